The summed E-state index contributed by atoms with van der Waals surface area (Å²) in [6, 6.07) is 13.7. The first-order valence-corrected chi connectivity index (χ1v) is 14.2. The van der Waals surface area contributed by atoms with Crippen LogP contribution in [0.2, 0.25) is 0 Å². The third-order valence-corrected chi connectivity index (χ3v) is 8.04. The lowest BCUT2D eigenvalue weighted by molar-refractivity contribution is -0.124. The number of fused-ring (bicyclic) bond motifs is 5. The van der Waals surface area contributed by atoms with Crippen LogP contribution in [0.4, 0.5) is 0 Å². The van der Waals surface area contributed by atoms with Crippen LogP contribution in [0.15, 0.2) is 59.5 Å². The second-order valence-corrected chi connectivity index (χ2v) is 10.6. The fourth-order valence-electron chi connectivity index (χ4n) is 5.78. The summed E-state index contributed by atoms with van der Waals surface area (Å²) in [5, 5.41) is 3.01. The smallest absolute Gasteiger partial charge is 0.260 e. The quantitative estimate of drug-likeness (QED) is 0.474. The number of nitrogens with one attached hydrogen (secondary N) is 2. The van der Waals surface area contributed by atoms with E-state index in [-0.39, 0.29) is 49.8 Å². The standard InChI is InChI=1S/C31H32N4O8/c1-40-24-7-5-19-14-26(24)41-13-12-34(31(39)21-4-2-9-32-28(21)36)11-3-10-33-29(37)23-17-35(16-22(19)23)30(38)20-6-8-25-27(15-20)43-18-42-25/h2,4-9,14-15,22-23H,3,10-13,16-18H2,1H3,(H,32,36)(H,33,37)/t22-,23+/m1/s1. The van der Waals surface area contributed by atoms with E-state index in [1.165, 1.54) is 19.4 Å². The van der Waals surface area contributed by atoms with Gasteiger partial charge in [-0.1, -0.05) is 6.07 Å². The zero-order chi connectivity index (χ0) is 29.9. The zero-order valence-electron chi connectivity index (χ0n) is 23.7. The number of aromatic amines is 1. The number of carbonyl (C=O) groups is 3. The maximum absolute atomic E-state index is 13.6. The average Bonchev–Trinajstić information content (AvgIpc) is 3.69. The highest BCUT2D eigenvalue weighted by atomic mass is 16.7. The Kier molecular flexibility index (Phi) is 7.91. The number of carbonyl (C=O) groups excluding carboxylic acids is 3. The molecule has 1 aromatic heterocycles. The first-order chi connectivity index (χ1) is 20.9. The number of hydrogen-bond donors (Lipinski definition) is 2. The molecule has 12 nitrogen and oxygen atoms in total. The molecule has 3 aromatic rings. The Morgan fingerprint density at radius 3 is 2.56 bits per heavy atom. The molecule has 6 rings (SSSR count). The molecule has 0 unspecified atom stereocenters. The first-order valence-electron chi connectivity index (χ1n) is 14.2. The van der Waals surface area contributed by atoms with Crippen LogP contribution < -0.4 is 29.8 Å². The molecule has 2 aromatic carbocycles. The minimum absolute atomic E-state index is 0.0354. The summed E-state index contributed by atoms with van der Waals surface area (Å²) in [5.41, 5.74) is 0.851. The zero-order valence-corrected chi connectivity index (χ0v) is 23.7. The van der Waals surface area contributed by atoms with Gasteiger partial charge in [-0.3, -0.25) is 19.2 Å². The Hall–Kier alpha value is -5.00. The third-order valence-electron chi connectivity index (χ3n) is 8.04. The van der Waals surface area contributed by atoms with Crippen molar-refractivity contribution in [3.05, 3.63) is 81.8 Å². The average molecular weight is 589 g/mol. The molecule has 43 heavy (non-hydrogen) atoms. The van der Waals surface area contributed by atoms with Crippen molar-refractivity contribution in [3.63, 3.8) is 0 Å². The molecule has 3 aliphatic rings. The van der Waals surface area contributed by atoms with Crippen LogP contribution in [0.25, 0.3) is 0 Å². The predicted molar refractivity (Wildman–Crippen MR) is 154 cm³/mol. The van der Waals surface area contributed by atoms with Crippen molar-refractivity contribution in [1.82, 2.24) is 20.1 Å². The molecule has 2 N–H and O–H groups in total. The van der Waals surface area contributed by atoms with E-state index in [1.54, 1.807) is 40.1 Å². The van der Waals surface area contributed by atoms with E-state index in [0.29, 0.717) is 54.6 Å². The summed E-state index contributed by atoms with van der Waals surface area (Å²) in [5.74, 6) is 0.472. The lowest BCUT2D eigenvalue weighted by atomic mass is 9.88. The first kappa shape index (κ1) is 28.1. The molecular weight excluding hydrogens is 556 g/mol. The molecule has 1 fully saturated rings. The molecular formula is C31H32N4O8. The highest BCUT2D eigenvalue weighted by molar-refractivity contribution is 5.96. The van der Waals surface area contributed by atoms with Crippen molar-refractivity contribution in [2.75, 3.05) is 53.2 Å². The molecule has 3 amide bonds. The van der Waals surface area contributed by atoms with Gasteiger partial charge in [0.25, 0.3) is 17.4 Å². The SMILES string of the molecule is COc1ccc2cc1OCCN(C(=O)c1ccc[nH]c1=O)CCCNC(=O)[C@H]1CN(C(=O)c3ccc4c(c3)OCO4)C[C@H]21. The maximum atomic E-state index is 13.6. The molecule has 1 saturated heterocycles. The lowest BCUT2D eigenvalue weighted by Crippen LogP contribution is -2.40. The maximum Gasteiger partial charge on any atom is 0.260 e. The number of amides is 3. The van der Waals surface area contributed by atoms with Crippen LogP contribution in [0.1, 0.15) is 38.6 Å². The van der Waals surface area contributed by atoms with Gasteiger partial charge in [-0.25, -0.2) is 0 Å². The largest absolute Gasteiger partial charge is 0.493 e. The summed E-state index contributed by atoms with van der Waals surface area (Å²) in [4.78, 5) is 58.4. The monoisotopic (exact) mass is 588 g/mol. The van der Waals surface area contributed by atoms with Gasteiger partial charge in [-0.05, 0) is 54.4 Å². The number of ether oxygens (including phenoxy) is 4. The topological polar surface area (TPSA) is 139 Å². The number of hydrogen-bond acceptors (Lipinski definition) is 8. The molecule has 12 heteroatoms. The Morgan fingerprint density at radius 2 is 1.72 bits per heavy atom. The molecule has 4 heterocycles. The van der Waals surface area contributed by atoms with Gasteiger partial charge < -0.3 is 39.0 Å². The minimum Gasteiger partial charge on any atom is -0.493 e. The molecule has 2 atom stereocenters. The Bertz CT molecular complexity index is 1600. The van der Waals surface area contributed by atoms with Crippen LogP contribution in [-0.2, 0) is 4.79 Å². The molecule has 0 spiro atoms. The van der Waals surface area contributed by atoms with Gasteiger partial charge in [-0.2, -0.15) is 0 Å². The number of benzene rings is 2. The van der Waals surface area contributed by atoms with Crippen LogP contribution in [-0.4, -0.2) is 85.7 Å². The van der Waals surface area contributed by atoms with Gasteiger partial charge in [0.15, 0.2) is 23.0 Å². The van der Waals surface area contributed by atoms with Gasteiger partial charge in [0.1, 0.15) is 12.2 Å². The van der Waals surface area contributed by atoms with Crippen LogP contribution in [0.5, 0.6) is 23.0 Å². The molecule has 0 aliphatic carbocycles. The van der Waals surface area contributed by atoms with Crippen molar-refractivity contribution in [1.29, 1.82) is 0 Å². The highest BCUT2D eigenvalue weighted by Crippen LogP contribution is 2.39. The van der Waals surface area contributed by atoms with Crippen LogP contribution in [0.3, 0.4) is 0 Å². The highest BCUT2D eigenvalue weighted by Gasteiger charge is 2.41. The van der Waals surface area contributed by atoms with Crippen molar-refractivity contribution in [2.45, 2.75) is 12.3 Å². The fourth-order valence-corrected chi connectivity index (χ4v) is 5.78. The van der Waals surface area contributed by atoms with Crippen molar-refractivity contribution < 1.29 is 33.3 Å². The van der Waals surface area contributed by atoms with Gasteiger partial charge in [0.05, 0.1) is 19.6 Å². The van der Waals surface area contributed by atoms with E-state index >= 15 is 0 Å². The fraction of sp³-hybridized carbons (Fsp3) is 0.355. The van der Waals surface area contributed by atoms with E-state index in [1.807, 2.05) is 12.1 Å². The minimum atomic E-state index is -0.511. The Balaban J connectivity index is 1.26. The predicted octanol–water partition coefficient (Wildman–Crippen LogP) is 2.01. The number of nitrogens with zero attached hydrogens (tertiary/aromatic N) is 2. The van der Waals surface area contributed by atoms with Crippen LogP contribution >= 0.6 is 0 Å². The molecule has 2 bridgehead atoms. The van der Waals surface area contributed by atoms with E-state index in [0.717, 1.165) is 5.56 Å². The number of rotatable bonds is 3. The van der Waals surface area contributed by atoms with E-state index < -0.39 is 17.4 Å². The van der Waals surface area contributed by atoms with Gasteiger partial charge >= 0.3 is 0 Å². The molecule has 3 aliphatic heterocycles. The second kappa shape index (κ2) is 12.1. The van der Waals surface area contributed by atoms with Gasteiger partial charge in [0, 0.05) is 43.9 Å². The van der Waals surface area contributed by atoms with Crippen molar-refractivity contribution in [3.8, 4) is 23.0 Å². The number of methoxy groups -OCH3 is 1. The summed E-state index contributed by atoms with van der Waals surface area (Å²) in [6.45, 7) is 1.68. The van der Waals surface area contributed by atoms with Crippen LogP contribution in [0, 0.1) is 5.92 Å². The Labute approximate surface area is 247 Å². The number of H-pyrrole nitrogens is 1. The Morgan fingerprint density at radius 1 is 0.884 bits per heavy atom. The second-order valence-electron chi connectivity index (χ2n) is 10.6. The molecule has 224 valence electrons. The normalized spacial score (nSPS) is 20.0. The number of pyridine rings is 1. The molecule has 0 radical (unpaired) electrons. The number of likely N-dealkylation sites (tertiary alicyclic amines) is 1. The van der Waals surface area contributed by atoms with E-state index in [9.17, 15) is 19.2 Å². The van der Waals surface area contributed by atoms with Crippen molar-refractivity contribution in [2.24, 2.45) is 5.92 Å². The molecule has 0 saturated carbocycles. The third kappa shape index (κ3) is 5.72. The van der Waals surface area contributed by atoms with E-state index in [2.05, 4.69) is 10.3 Å². The lowest BCUT2D eigenvalue weighted by Gasteiger charge is -2.25. The number of aromatic nitrogens is 1. The van der Waals surface area contributed by atoms with E-state index in [4.69, 9.17) is 18.9 Å². The van der Waals surface area contributed by atoms with Crippen molar-refractivity contribution >= 4 is 17.7 Å². The van der Waals surface area contributed by atoms with Gasteiger partial charge in [-0.15, -0.1) is 0 Å². The van der Waals surface area contributed by atoms with Gasteiger partial charge in [0.2, 0.25) is 12.7 Å². The summed E-state index contributed by atoms with van der Waals surface area (Å²) in [7, 11) is 1.54. The summed E-state index contributed by atoms with van der Waals surface area (Å²) < 4.78 is 22.5. The summed E-state index contributed by atoms with van der Waals surface area (Å²) in [6.07, 6.45) is 1.94. The summed E-state index contributed by atoms with van der Waals surface area (Å²) >= 11 is 0.